The Morgan fingerprint density at radius 1 is 1.18 bits per heavy atom. The van der Waals surface area contributed by atoms with Gasteiger partial charge in [-0.15, -0.1) is 0 Å². The smallest absolute Gasteiger partial charge is 0.235 e. The molecule has 1 N–H and O–H groups in total. The molecular weight excluding hydrogens is 222 g/mol. The van der Waals surface area contributed by atoms with Crippen LogP contribution in [0.15, 0.2) is 38.5 Å². The predicted octanol–water partition coefficient (Wildman–Crippen LogP) is 2.72. The molecule has 1 aromatic carbocycles. The van der Waals surface area contributed by atoms with E-state index in [0.717, 1.165) is 0 Å². The maximum absolute atomic E-state index is 10.2. The van der Waals surface area contributed by atoms with Crippen molar-refractivity contribution in [2.24, 2.45) is 4.99 Å². The fourth-order valence-corrected chi connectivity index (χ4v) is 1.97. The lowest BCUT2D eigenvalue weighted by Gasteiger charge is -2.02. The number of benzene rings is 1. The maximum Gasteiger partial charge on any atom is 0.235 e. The van der Waals surface area contributed by atoms with Crippen LogP contribution in [0.25, 0.3) is 21.9 Å². The van der Waals surface area contributed by atoms with Crippen LogP contribution in [0, 0.1) is 0 Å². The molecule has 3 rings (SSSR count). The maximum atomic E-state index is 10.2. The molecule has 3 aromatic rings. The van der Waals surface area contributed by atoms with Gasteiger partial charge in [0.1, 0.15) is 5.58 Å². The van der Waals surface area contributed by atoms with Crippen molar-refractivity contribution in [1.82, 2.24) is 0 Å². The van der Waals surface area contributed by atoms with Crippen molar-refractivity contribution in [2.75, 3.05) is 0 Å². The Bertz CT molecular complexity index is 695. The third-order valence-electron chi connectivity index (χ3n) is 2.70. The van der Waals surface area contributed by atoms with E-state index in [4.69, 9.17) is 8.83 Å². The molecule has 0 aliphatic carbocycles. The highest BCUT2D eigenvalue weighted by atomic mass is 16.4. The van der Waals surface area contributed by atoms with Crippen LogP contribution in [0.3, 0.4) is 0 Å². The van der Waals surface area contributed by atoms with Crippen LogP contribution in [-0.4, -0.2) is 11.2 Å². The number of carbonyl (C=O) groups excluding carboxylic acids is 1. The topological polar surface area (TPSA) is 75.9 Å². The fraction of sp³-hybridized carbons (Fsp3) is 0.0833. The van der Waals surface area contributed by atoms with Crippen molar-refractivity contribution < 1.29 is 18.7 Å². The second-order valence-corrected chi connectivity index (χ2v) is 3.56. The van der Waals surface area contributed by atoms with Crippen LogP contribution in [0.4, 0.5) is 0 Å². The summed E-state index contributed by atoms with van der Waals surface area (Å²) in [6.45, 7) is 0.143. The summed E-state index contributed by atoms with van der Waals surface area (Å²) in [5.74, 6) is 0.0348. The molecule has 0 aliphatic rings. The number of fused-ring (bicyclic) bond motifs is 2. The summed E-state index contributed by atoms with van der Waals surface area (Å²) in [6, 6.07) is 3.34. The van der Waals surface area contributed by atoms with Crippen molar-refractivity contribution in [2.45, 2.75) is 6.54 Å². The van der Waals surface area contributed by atoms with E-state index >= 15 is 0 Å². The first kappa shape index (κ1) is 9.69. The summed E-state index contributed by atoms with van der Waals surface area (Å²) < 4.78 is 10.5. The Morgan fingerprint density at radius 2 is 1.88 bits per heavy atom. The standard InChI is InChI=1S/C12H7NO4/c14-6-13-5-9-7-1-3-17-12(7)10(15)8-2-4-16-11(8)9/h1-4,15H,5H2. The number of nitrogens with zero attached hydrogens (tertiary/aromatic N) is 1. The molecule has 0 amide bonds. The molecule has 5 nitrogen and oxygen atoms in total. The minimum absolute atomic E-state index is 0.0348. The number of hydrogen-bond acceptors (Lipinski definition) is 5. The van der Waals surface area contributed by atoms with Crippen LogP contribution < -0.4 is 0 Å². The minimum Gasteiger partial charge on any atom is -0.504 e. The normalized spacial score (nSPS) is 10.8. The summed E-state index contributed by atoms with van der Waals surface area (Å²) >= 11 is 0. The first-order valence-corrected chi connectivity index (χ1v) is 4.94. The lowest BCUT2D eigenvalue weighted by atomic mass is 10.1. The average molecular weight is 229 g/mol. The van der Waals surface area contributed by atoms with Gasteiger partial charge in [-0.25, -0.2) is 9.79 Å². The Balaban J connectivity index is 2.47. The van der Waals surface area contributed by atoms with Gasteiger partial charge in [-0.05, 0) is 12.1 Å². The van der Waals surface area contributed by atoms with Crippen molar-refractivity contribution in [3.8, 4) is 5.75 Å². The van der Waals surface area contributed by atoms with Crippen molar-refractivity contribution in [3.05, 3.63) is 30.2 Å². The number of phenols is 1. The number of furan rings is 2. The zero-order chi connectivity index (χ0) is 11.8. The van der Waals surface area contributed by atoms with E-state index in [1.165, 1.54) is 18.6 Å². The molecular formula is C12H7NO4. The molecule has 84 valence electrons. The predicted molar refractivity (Wildman–Crippen MR) is 59.5 cm³/mol. The van der Waals surface area contributed by atoms with Gasteiger partial charge in [0.25, 0.3) is 0 Å². The van der Waals surface area contributed by atoms with E-state index in [0.29, 0.717) is 27.5 Å². The molecule has 17 heavy (non-hydrogen) atoms. The molecule has 0 radical (unpaired) electrons. The highest BCUT2D eigenvalue weighted by molar-refractivity contribution is 6.03. The quantitative estimate of drug-likeness (QED) is 0.541. The molecule has 5 heteroatoms. The molecule has 0 unspecified atom stereocenters. The van der Waals surface area contributed by atoms with E-state index < -0.39 is 0 Å². The molecule has 0 aliphatic heterocycles. The molecule has 0 saturated carbocycles. The fourth-order valence-electron chi connectivity index (χ4n) is 1.97. The van der Waals surface area contributed by atoms with E-state index in [9.17, 15) is 9.90 Å². The summed E-state index contributed by atoms with van der Waals surface area (Å²) in [5.41, 5.74) is 1.58. The number of rotatable bonds is 2. The zero-order valence-electron chi connectivity index (χ0n) is 8.64. The van der Waals surface area contributed by atoms with Gasteiger partial charge < -0.3 is 13.9 Å². The number of isocyanates is 1. The summed E-state index contributed by atoms with van der Waals surface area (Å²) in [5, 5.41) is 11.2. The Hall–Kier alpha value is -2.52. The molecule has 0 fully saturated rings. The second-order valence-electron chi connectivity index (χ2n) is 3.56. The van der Waals surface area contributed by atoms with Gasteiger partial charge in [0, 0.05) is 10.9 Å². The highest BCUT2D eigenvalue weighted by Gasteiger charge is 2.17. The van der Waals surface area contributed by atoms with Gasteiger partial charge in [0.05, 0.1) is 24.5 Å². The number of phenolic OH excluding ortho intramolecular Hbond substituents is 1. The highest BCUT2D eigenvalue weighted by Crippen LogP contribution is 2.38. The van der Waals surface area contributed by atoms with Gasteiger partial charge >= 0.3 is 0 Å². The van der Waals surface area contributed by atoms with Crippen molar-refractivity contribution >= 4 is 28.0 Å². The van der Waals surface area contributed by atoms with Crippen LogP contribution in [0.2, 0.25) is 0 Å². The lowest BCUT2D eigenvalue weighted by molar-refractivity contribution is 0.470. The van der Waals surface area contributed by atoms with Gasteiger partial charge in [0.15, 0.2) is 11.3 Å². The van der Waals surface area contributed by atoms with Gasteiger partial charge in [-0.1, -0.05) is 0 Å². The molecule has 0 bridgehead atoms. The molecule has 2 aromatic heterocycles. The van der Waals surface area contributed by atoms with Crippen LogP contribution >= 0.6 is 0 Å². The Morgan fingerprint density at radius 3 is 2.65 bits per heavy atom. The number of aromatic hydroxyl groups is 1. The molecule has 2 heterocycles. The third-order valence-corrected chi connectivity index (χ3v) is 2.70. The largest absolute Gasteiger partial charge is 0.504 e. The molecule has 0 atom stereocenters. The van der Waals surface area contributed by atoms with E-state index in [1.807, 2.05) is 0 Å². The minimum atomic E-state index is 0.0348. The van der Waals surface area contributed by atoms with Gasteiger partial charge in [-0.2, -0.15) is 0 Å². The van der Waals surface area contributed by atoms with Crippen LogP contribution in [-0.2, 0) is 11.3 Å². The number of aliphatic imine (C=N–C) groups is 1. The Kier molecular flexibility index (Phi) is 2.00. The van der Waals surface area contributed by atoms with Crippen LogP contribution in [0.5, 0.6) is 5.75 Å². The monoisotopic (exact) mass is 229 g/mol. The van der Waals surface area contributed by atoms with Gasteiger partial charge in [-0.3, -0.25) is 0 Å². The summed E-state index contributed by atoms with van der Waals surface area (Å²) in [6.07, 6.45) is 4.42. The molecule has 0 spiro atoms. The van der Waals surface area contributed by atoms with Crippen molar-refractivity contribution in [1.29, 1.82) is 0 Å². The van der Waals surface area contributed by atoms with E-state index in [-0.39, 0.29) is 12.3 Å². The third kappa shape index (κ3) is 1.26. The summed E-state index contributed by atoms with van der Waals surface area (Å²) in [4.78, 5) is 13.7. The Labute approximate surface area is 95.0 Å². The van der Waals surface area contributed by atoms with E-state index in [1.54, 1.807) is 12.1 Å². The second kappa shape index (κ2) is 3.50. The molecule has 0 saturated heterocycles. The van der Waals surface area contributed by atoms with E-state index in [2.05, 4.69) is 4.99 Å². The SMILES string of the molecule is O=C=NCc1c2ccoc2c(O)c2ccoc12. The van der Waals surface area contributed by atoms with Crippen molar-refractivity contribution in [3.63, 3.8) is 0 Å². The van der Waals surface area contributed by atoms with Crippen LogP contribution in [0.1, 0.15) is 5.56 Å². The average Bonchev–Trinajstić information content (AvgIpc) is 2.97. The summed E-state index contributed by atoms with van der Waals surface area (Å²) in [7, 11) is 0. The first-order valence-electron chi connectivity index (χ1n) is 4.94. The zero-order valence-corrected chi connectivity index (χ0v) is 8.64. The first-order chi connectivity index (χ1) is 8.33. The number of hydrogen-bond donors (Lipinski definition) is 1. The lowest BCUT2D eigenvalue weighted by Crippen LogP contribution is -1.85. The van der Waals surface area contributed by atoms with Gasteiger partial charge in [0.2, 0.25) is 6.08 Å².